The van der Waals surface area contributed by atoms with Gasteiger partial charge >= 0.3 is 0 Å². The van der Waals surface area contributed by atoms with Crippen molar-refractivity contribution in [1.82, 2.24) is 9.80 Å². The van der Waals surface area contributed by atoms with Crippen LogP contribution in [0.2, 0.25) is 5.02 Å². The van der Waals surface area contributed by atoms with Crippen molar-refractivity contribution < 1.29 is 14.4 Å². The van der Waals surface area contributed by atoms with Crippen molar-refractivity contribution >= 4 is 29.3 Å². The molecular weight excluding hydrogens is 364 g/mol. The van der Waals surface area contributed by atoms with Crippen molar-refractivity contribution in [1.29, 1.82) is 0 Å². The standard InChI is InChI=1S/C21H21ClN2O3/c1-14(2)24(13-15-6-4-3-5-7-15)19(25)10-11-23-20(26)17-9-8-16(22)12-18(17)21(23)27/h3-9,12,14H,10-11,13H2,1-2H3. The van der Waals surface area contributed by atoms with Crippen LogP contribution in [0.1, 0.15) is 46.5 Å². The van der Waals surface area contributed by atoms with Crippen LogP contribution in [0.3, 0.4) is 0 Å². The van der Waals surface area contributed by atoms with E-state index >= 15 is 0 Å². The zero-order valence-electron chi connectivity index (χ0n) is 15.3. The van der Waals surface area contributed by atoms with Gasteiger partial charge in [0.15, 0.2) is 0 Å². The fraction of sp³-hybridized carbons (Fsp3) is 0.286. The normalized spacial score (nSPS) is 13.3. The number of benzene rings is 2. The first-order valence-electron chi connectivity index (χ1n) is 8.87. The smallest absolute Gasteiger partial charge is 0.261 e. The van der Waals surface area contributed by atoms with Crippen molar-refractivity contribution in [3.63, 3.8) is 0 Å². The van der Waals surface area contributed by atoms with Crippen LogP contribution in [0.4, 0.5) is 0 Å². The minimum absolute atomic E-state index is 0.0127. The lowest BCUT2D eigenvalue weighted by Crippen LogP contribution is -2.39. The zero-order chi connectivity index (χ0) is 19.6. The van der Waals surface area contributed by atoms with E-state index in [1.165, 1.54) is 6.07 Å². The fourth-order valence-electron chi connectivity index (χ4n) is 3.16. The highest BCUT2D eigenvalue weighted by atomic mass is 35.5. The molecule has 0 bridgehead atoms. The first-order chi connectivity index (χ1) is 12.9. The molecule has 140 valence electrons. The van der Waals surface area contributed by atoms with Gasteiger partial charge in [-0.3, -0.25) is 19.3 Å². The van der Waals surface area contributed by atoms with Crippen LogP contribution in [0.5, 0.6) is 0 Å². The Balaban J connectivity index is 1.67. The van der Waals surface area contributed by atoms with Crippen LogP contribution in [0.15, 0.2) is 48.5 Å². The molecule has 0 spiro atoms. The number of rotatable bonds is 6. The van der Waals surface area contributed by atoms with E-state index in [-0.39, 0.29) is 30.8 Å². The third-order valence-electron chi connectivity index (χ3n) is 4.62. The third-order valence-corrected chi connectivity index (χ3v) is 4.86. The first-order valence-corrected chi connectivity index (χ1v) is 9.25. The summed E-state index contributed by atoms with van der Waals surface area (Å²) in [5, 5.41) is 0.404. The highest BCUT2D eigenvalue weighted by molar-refractivity contribution is 6.32. The zero-order valence-corrected chi connectivity index (χ0v) is 16.1. The average Bonchev–Trinajstić information content (AvgIpc) is 2.88. The minimum atomic E-state index is -0.399. The Labute approximate surface area is 163 Å². The summed E-state index contributed by atoms with van der Waals surface area (Å²) < 4.78 is 0. The average molecular weight is 385 g/mol. The van der Waals surface area contributed by atoms with Crippen LogP contribution in [0.25, 0.3) is 0 Å². The number of carbonyl (C=O) groups is 3. The topological polar surface area (TPSA) is 57.7 Å². The van der Waals surface area contributed by atoms with E-state index in [9.17, 15) is 14.4 Å². The van der Waals surface area contributed by atoms with Gasteiger partial charge in [-0.15, -0.1) is 0 Å². The fourth-order valence-corrected chi connectivity index (χ4v) is 3.33. The van der Waals surface area contributed by atoms with Gasteiger partial charge in [0, 0.05) is 30.6 Å². The molecule has 0 aromatic heterocycles. The lowest BCUT2D eigenvalue weighted by Gasteiger charge is -2.27. The number of fused-ring (bicyclic) bond motifs is 1. The minimum Gasteiger partial charge on any atom is -0.336 e. The predicted octanol–water partition coefficient (Wildman–Crippen LogP) is 3.76. The Morgan fingerprint density at radius 1 is 1.04 bits per heavy atom. The molecule has 0 N–H and O–H groups in total. The van der Waals surface area contributed by atoms with Crippen LogP contribution < -0.4 is 0 Å². The maximum absolute atomic E-state index is 12.7. The van der Waals surface area contributed by atoms with Crippen molar-refractivity contribution in [2.24, 2.45) is 0 Å². The summed E-state index contributed by atoms with van der Waals surface area (Å²) in [6.07, 6.45) is 0.0875. The molecule has 6 heteroatoms. The van der Waals surface area contributed by atoms with Crippen molar-refractivity contribution in [3.8, 4) is 0 Å². The Hall–Kier alpha value is -2.66. The van der Waals surface area contributed by atoms with E-state index < -0.39 is 5.91 Å². The second-order valence-corrected chi connectivity index (χ2v) is 7.24. The summed E-state index contributed by atoms with van der Waals surface area (Å²) in [4.78, 5) is 40.6. The number of hydrogen-bond donors (Lipinski definition) is 0. The van der Waals surface area contributed by atoms with E-state index in [1.54, 1.807) is 17.0 Å². The Kier molecular flexibility index (Phi) is 5.61. The van der Waals surface area contributed by atoms with E-state index in [0.29, 0.717) is 22.7 Å². The molecule has 1 aliphatic rings. The van der Waals surface area contributed by atoms with Gasteiger partial charge in [0.2, 0.25) is 5.91 Å². The second kappa shape index (κ2) is 7.92. The van der Waals surface area contributed by atoms with E-state index in [4.69, 9.17) is 11.6 Å². The molecule has 3 amide bonds. The second-order valence-electron chi connectivity index (χ2n) is 6.80. The summed E-state index contributed by atoms with van der Waals surface area (Å²) in [5.74, 6) is -0.869. The molecule has 0 fully saturated rings. The molecule has 0 atom stereocenters. The molecule has 1 aliphatic heterocycles. The van der Waals surface area contributed by atoms with Crippen molar-refractivity contribution in [2.45, 2.75) is 32.9 Å². The number of hydrogen-bond acceptors (Lipinski definition) is 3. The highest BCUT2D eigenvalue weighted by Crippen LogP contribution is 2.26. The molecule has 0 saturated heterocycles. The number of amides is 3. The number of halogens is 1. The van der Waals surface area contributed by atoms with Crippen LogP contribution in [0, 0.1) is 0 Å². The molecule has 2 aromatic rings. The molecule has 5 nitrogen and oxygen atoms in total. The van der Waals surface area contributed by atoms with Gasteiger partial charge in [-0.25, -0.2) is 0 Å². The Morgan fingerprint density at radius 3 is 2.37 bits per heavy atom. The number of carbonyl (C=O) groups excluding carboxylic acids is 3. The molecule has 0 saturated carbocycles. The van der Waals surface area contributed by atoms with Crippen molar-refractivity contribution in [2.75, 3.05) is 6.54 Å². The largest absolute Gasteiger partial charge is 0.336 e. The monoisotopic (exact) mass is 384 g/mol. The lowest BCUT2D eigenvalue weighted by molar-refractivity contribution is -0.133. The molecule has 0 aliphatic carbocycles. The molecule has 1 heterocycles. The molecule has 0 unspecified atom stereocenters. The molecule has 27 heavy (non-hydrogen) atoms. The SMILES string of the molecule is CC(C)N(Cc1ccccc1)C(=O)CCN1C(=O)c2ccc(Cl)cc2C1=O. The third kappa shape index (κ3) is 4.03. The maximum Gasteiger partial charge on any atom is 0.261 e. The molecule has 0 radical (unpaired) electrons. The molecule has 3 rings (SSSR count). The maximum atomic E-state index is 12.7. The first kappa shape index (κ1) is 19.1. The summed E-state index contributed by atoms with van der Waals surface area (Å²) in [6, 6.07) is 14.4. The number of imide groups is 1. The van der Waals surface area contributed by atoms with Crippen LogP contribution in [-0.4, -0.2) is 40.1 Å². The summed E-state index contributed by atoms with van der Waals surface area (Å²) in [6.45, 7) is 4.45. The van der Waals surface area contributed by atoms with Crippen molar-refractivity contribution in [3.05, 3.63) is 70.2 Å². The molecular formula is C21H21ClN2O3. The van der Waals surface area contributed by atoms with Gasteiger partial charge in [0.05, 0.1) is 11.1 Å². The summed E-state index contributed by atoms with van der Waals surface area (Å²) >= 11 is 5.92. The molecule has 2 aromatic carbocycles. The lowest BCUT2D eigenvalue weighted by atomic mass is 10.1. The van der Waals surface area contributed by atoms with E-state index in [2.05, 4.69) is 0 Å². The predicted molar refractivity (Wildman–Crippen MR) is 104 cm³/mol. The summed E-state index contributed by atoms with van der Waals surface area (Å²) in [5.41, 5.74) is 1.67. The van der Waals surface area contributed by atoms with Gasteiger partial charge in [-0.1, -0.05) is 41.9 Å². The number of nitrogens with zero attached hydrogens (tertiary/aromatic N) is 2. The summed E-state index contributed by atoms with van der Waals surface area (Å²) in [7, 11) is 0. The van der Waals surface area contributed by atoms with Crippen LogP contribution >= 0.6 is 11.6 Å². The van der Waals surface area contributed by atoms with Gasteiger partial charge in [-0.05, 0) is 37.6 Å². The van der Waals surface area contributed by atoms with Gasteiger partial charge < -0.3 is 4.90 Å². The van der Waals surface area contributed by atoms with E-state index in [1.807, 2.05) is 44.2 Å². The Morgan fingerprint density at radius 2 is 1.70 bits per heavy atom. The van der Waals surface area contributed by atoms with Gasteiger partial charge in [0.1, 0.15) is 0 Å². The van der Waals surface area contributed by atoms with Gasteiger partial charge in [-0.2, -0.15) is 0 Å². The van der Waals surface area contributed by atoms with E-state index in [0.717, 1.165) is 10.5 Å². The van der Waals surface area contributed by atoms with Gasteiger partial charge in [0.25, 0.3) is 11.8 Å². The Bertz CT molecular complexity index is 880. The van der Waals surface area contributed by atoms with Crippen LogP contribution in [-0.2, 0) is 11.3 Å². The quantitative estimate of drug-likeness (QED) is 0.712. The highest BCUT2D eigenvalue weighted by Gasteiger charge is 2.35.